The Balaban J connectivity index is 2.86. The van der Waals surface area contributed by atoms with Gasteiger partial charge in [0.1, 0.15) is 11.3 Å². The third-order valence-electron chi connectivity index (χ3n) is 3.86. The van der Waals surface area contributed by atoms with Gasteiger partial charge in [-0.1, -0.05) is 30.3 Å². The Labute approximate surface area is 153 Å². The molecule has 0 aromatic heterocycles. The fourth-order valence-electron chi connectivity index (χ4n) is 2.74. The highest BCUT2D eigenvalue weighted by Crippen LogP contribution is 2.55. The number of hydrogen-bond acceptors (Lipinski definition) is 6. The van der Waals surface area contributed by atoms with Gasteiger partial charge in [0.05, 0.1) is 42.7 Å². The molecule has 0 bridgehead atoms. The normalized spacial score (nSPS) is 10.9. The lowest BCUT2D eigenvalue weighted by Crippen LogP contribution is -2.05. The standard InChI is InChI=1S/C20H24O6/c1-21-14(12-13-10-8-7-9-11-13)15-16(22-2)18(24-4)20(26-6)19(25-5)17(15)23-3/h7-12H,1-6H3. The fourth-order valence-corrected chi connectivity index (χ4v) is 2.74. The molecule has 0 amide bonds. The van der Waals surface area contributed by atoms with E-state index in [2.05, 4.69) is 0 Å². The van der Waals surface area contributed by atoms with Crippen molar-refractivity contribution in [2.75, 3.05) is 42.7 Å². The van der Waals surface area contributed by atoms with Gasteiger partial charge < -0.3 is 28.4 Å². The summed E-state index contributed by atoms with van der Waals surface area (Å²) in [6.45, 7) is 0. The molecular weight excluding hydrogens is 336 g/mol. The van der Waals surface area contributed by atoms with Crippen LogP contribution >= 0.6 is 0 Å². The van der Waals surface area contributed by atoms with Crippen molar-refractivity contribution in [3.05, 3.63) is 41.5 Å². The van der Waals surface area contributed by atoms with Gasteiger partial charge >= 0.3 is 0 Å². The van der Waals surface area contributed by atoms with Crippen molar-refractivity contribution < 1.29 is 28.4 Å². The van der Waals surface area contributed by atoms with Crippen LogP contribution in [0.5, 0.6) is 28.7 Å². The number of hydrogen-bond donors (Lipinski definition) is 0. The fraction of sp³-hybridized carbons (Fsp3) is 0.300. The molecule has 0 atom stereocenters. The van der Waals surface area contributed by atoms with E-state index in [0.717, 1.165) is 5.56 Å². The van der Waals surface area contributed by atoms with Gasteiger partial charge in [0.2, 0.25) is 17.2 Å². The highest BCUT2D eigenvalue weighted by Gasteiger charge is 2.30. The van der Waals surface area contributed by atoms with E-state index in [-0.39, 0.29) is 0 Å². The van der Waals surface area contributed by atoms with Crippen molar-refractivity contribution in [3.63, 3.8) is 0 Å². The molecule has 0 aliphatic carbocycles. The third-order valence-corrected chi connectivity index (χ3v) is 3.86. The van der Waals surface area contributed by atoms with Crippen LogP contribution in [0, 0.1) is 0 Å². The second-order valence-corrected chi connectivity index (χ2v) is 5.16. The van der Waals surface area contributed by atoms with E-state index in [1.54, 1.807) is 21.3 Å². The predicted molar refractivity (Wildman–Crippen MR) is 101 cm³/mol. The Kier molecular flexibility index (Phi) is 6.60. The summed E-state index contributed by atoms with van der Waals surface area (Å²) in [6, 6.07) is 9.78. The van der Waals surface area contributed by atoms with Crippen LogP contribution in [0.15, 0.2) is 30.3 Å². The predicted octanol–water partition coefficient (Wildman–Crippen LogP) is 3.87. The van der Waals surface area contributed by atoms with Gasteiger partial charge in [-0.2, -0.15) is 0 Å². The van der Waals surface area contributed by atoms with Crippen molar-refractivity contribution in [1.82, 2.24) is 0 Å². The van der Waals surface area contributed by atoms with Gasteiger partial charge in [-0.05, 0) is 11.6 Å². The molecule has 0 fully saturated rings. The number of benzene rings is 2. The second kappa shape index (κ2) is 8.89. The summed E-state index contributed by atoms with van der Waals surface area (Å²) in [7, 11) is 9.25. The Morgan fingerprint density at radius 3 is 1.42 bits per heavy atom. The van der Waals surface area contributed by atoms with Gasteiger partial charge in [0.25, 0.3) is 0 Å². The molecule has 0 saturated carbocycles. The minimum absolute atomic E-state index is 0.377. The average molecular weight is 360 g/mol. The molecular formula is C20H24O6. The molecule has 2 aromatic carbocycles. The van der Waals surface area contributed by atoms with Crippen molar-refractivity contribution >= 4 is 11.8 Å². The number of methoxy groups -OCH3 is 6. The SMILES string of the molecule is COC(=Cc1ccccc1)c1c(OC)c(OC)c(OC)c(OC)c1OC. The van der Waals surface area contributed by atoms with Crippen LogP contribution in [-0.2, 0) is 4.74 Å². The summed E-state index contributed by atoms with van der Waals surface area (Å²) in [5.74, 6) is 2.53. The van der Waals surface area contributed by atoms with E-state index in [4.69, 9.17) is 28.4 Å². The Hall–Kier alpha value is -3.02. The van der Waals surface area contributed by atoms with E-state index in [1.165, 1.54) is 21.3 Å². The highest BCUT2D eigenvalue weighted by molar-refractivity contribution is 5.88. The molecule has 0 aliphatic rings. The molecule has 2 aromatic rings. The Morgan fingerprint density at radius 1 is 0.615 bits per heavy atom. The van der Waals surface area contributed by atoms with Crippen LogP contribution in [0.2, 0.25) is 0 Å². The zero-order chi connectivity index (χ0) is 19.1. The van der Waals surface area contributed by atoms with E-state index >= 15 is 0 Å². The minimum Gasteiger partial charge on any atom is -0.496 e. The van der Waals surface area contributed by atoms with Crippen LogP contribution in [-0.4, -0.2) is 42.7 Å². The van der Waals surface area contributed by atoms with E-state index in [0.29, 0.717) is 40.1 Å². The van der Waals surface area contributed by atoms with Gasteiger partial charge in [0.15, 0.2) is 11.5 Å². The van der Waals surface area contributed by atoms with Crippen molar-refractivity contribution in [2.45, 2.75) is 0 Å². The minimum atomic E-state index is 0.377. The Bertz CT molecular complexity index is 735. The number of rotatable bonds is 8. The second-order valence-electron chi connectivity index (χ2n) is 5.16. The van der Waals surface area contributed by atoms with Gasteiger partial charge in [-0.15, -0.1) is 0 Å². The Morgan fingerprint density at radius 2 is 1.04 bits per heavy atom. The molecule has 0 aliphatic heterocycles. The maximum atomic E-state index is 5.65. The molecule has 2 rings (SSSR count). The molecule has 0 spiro atoms. The summed E-state index contributed by atoms with van der Waals surface area (Å²) < 4.78 is 33.4. The van der Waals surface area contributed by atoms with Crippen LogP contribution < -0.4 is 23.7 Å². The first kappa shape index (κ1) is 19.3. The molecule has 26 heavy (non-hydrogen) atoms. The van der Waals surface area contributed by atoms with Crippen molar-refractivity contribution in [1.29, 1.82) is 0 Å². The summed E-state index contributed by atoms with van der Waals surface area (Å²) in [6.07, 6.45) is 1.88. The van der Waals surface area contributed by atoms with E-state index in [1.807, 2.05) is 36.4 Å². The summed E-state index contributed by atoms with van der Waals surface area (Å²) in [5.41, 5.74) is 1.53. The summed E-state index contributed by atoms with van der Waals surface area (Å²) in [5, 5.41) is 0. The first-order valence-electron chi connectivity index (χ1n) is 7.91. The maximum absolute atomic E-state index is 5.65. The monoisotopic (exact) mass is 360 g/mol. The maximum Gasteiger partial charge on any atom is 0.211 e. The molecule has 0 heterocycles. The molecule has 0 N–H and O–H groups in total. The zero-order valence-electron chi connectivity index (χ0n) is 15.9. The lowest BCUT2D eigenvalue weighted by molar-refractivity contribution is 0.285. The average Bonchev–Trinajstić information content (AvgIpc) is 2.70. The van der Waals surface area contributed by atoms with E-state index < -0.39 is 0 Å². The molecule has 0 saturated heterocycles. The summed E-state index contributed by atoms with van der Waals surface area (Å²) >= 11 is 0. The highest BCUT2D eigenvalue weighted by atomic mass is 16.6. The molecule has 0 radical (unpaired) electrons. The first-order valence-corrected chi connectivity index (χ1v) is 7.91. The molecule has 6 heteroatoms. The van der Waals surface area contributed by atoms with Crippen LogP contribution in [0.25, 0.3) is 11.8 Å². The lowest BCUT2D eigenvalue weighted by atomic mass is 10.1. The van der Waals surface area contributed by atoms with Gasteiger partial charge in [-0.25, -0.2) is 0 Å². The largest absolute Gasteiger partial charge is 0.496 e. The molecule has 0 unspecified atom stereocenters. The van der Waals surface area contributed by atoms with E-state index in [9.17, 15) is 0 Å². The van der Waals surface area contributed by atoms with Crippen LogP contribution in [0.3, 0.4) is 0 Å². The van der Waals surface area contributed by atoms with Gasteiger partial charge in [-0.3, -0.25) is 0 Å². The van der Waals surface area contributed by atoms with Crippen molar-refractivity contribution in [3.8, 4) is 28.7 Å². The van der Waals surface area contributed by atoms with Gasteiger partial charge in [0, 0.05) is 0 Å². The summed E-state index contributed by atoms with van der Waals surface area (Å²) in [4.78, 5) is 0. The first-order chi connectivity index (χ1) is 12.7. The van der Waals surface area contributed by atoms with Crippen molar-refractivity contribution in [2.24, 2.45) is 0 Å². The molecule has 140 valence electrons. The quantitative estimate of drug-likeness (QED) is 0.526. The van der Waals surface area contributed by atoms with Crippen LogP contribution in [0.1, 0.15) is 11.1 Å². The lowest BCUT2D eigenvalue weighted by Gasteiger charge is -2.22. The van der Waals surface area contributed by atoms with Crippen LogP contribution in [0.4, 0.5) is 0 Å². The topological polar surface area (TPSA) is 55.4 Å². The molecule has 6 nitrogen and oxygen atoms in total. The number of ether oxygens (including phenoxy) is 6. The third kappa shape index (κ3) is 3.49. The smallest absolute Gasteiger partial charge is 0.211 e. The zero-order valence-corrected chi connectivity index (χ0v) is 15.9.